The Hall–Kier alpha value is -3.03. The van der Waals surface area contributed by atoms with Gasteiger partial charge in [-0.05, 0) is 42.7 Å². The second-order valence-corrected chi connectivity index (χ2v) is 6.32. The van der Waals surface area contributed by atoms with E-state index in [0.717, 1.165) is 23.2 Å². The van der Waals surface area contributed by atoms with Crippen LogP contribution < -0.4 is 11.4 Å². The molecule has 1 aromatic heterocycles. The number of halogens is 3. The number of primary amides is 1. The first-order chi connectivity index (χ1) is 12.8. The molecule has 3 N–H and O–H groups in total. The molecule has 3 rings (SSSR count). The molecule has 8 heteroatoms. The number of carbonyl (C=O) groups excluding carboxylic acids is 1. The van der Waals surface area contributed by atoms with Crippen LogP contribution in [0.15, 0.2) is 53.3 Å². The molecule has 0 aliphatic carbocycles. The van der Waals surface area contributed by atoms with Gasteiger partial charge in [-0.1, -0.05) is 24.3 Å². The third kappa shape index (κ3) is 4.05. The van der Waals surface area contributed by atoms with Gasteiger partial charge in [0, 0.05) is 6.54 Å². The van der Waals surface area contributed by atoms with Gasteiger partial charge < -0.3 is 10.7 Å². The minimum Gasteiger partial charge on any atom is -0.369 e. The van der Waals surface area contributed by atoms with Crippen molar-refractivity contribution in [1.29, 1.82) is 0 Å². The summed E-state index contributed by atoms with van der Waals surface area (Å²) in [6.45, 7) is 0.368. The van der Waals surface area contributed by atoms with Crippen molar-refractivity contribution >= 4 is 16.9 Å². The molecule has 0 aliphatic rings. The zero-order valence-electron chi connectivity index (χ0n) is 14.3. The zero-order chi connectivity index (χ0) is 19.6. The number of aryl methyl sites for hydroxylation is 1. The van der Waals surface area contributed by atoms with Gasteiger partial charge >= 0.3 is 11.9 Å². The van der Waals surface area contributed by atoms with Gasteiger partial charge in [0.2, 0.25) is 5.91 Å². The van der Waals surface area contributed by atoms with Crippen molar-refractivity contribution in [2.24, 2.45) is 5.73 Å². The average molecular weight is 377 g/mol. The second kappa shape index (κ2) is 7.30. The van der Waals surface area contributed by atoms with Gasteiger partial charge in [-0.15, -0.1) is 0 Å². The lowest BCUT2D eigenvalue weighted by molar-refractivity contribution is -0.137. The zero-order valence-corrected chi connectivity index (χ0v) is 14.3. The van der Waals surface area contributed by atoms with Crippen molar-refractivity contribution in [3.63, 3.8) is 0 Å². The number of H-pyrrole nitrogens is 1. The van der Waals surface area contributed by atoms with E-state index in [4.69, 9.17) is 5.73 Å². The highest BCUT2D eigenvalue weighted by molar-refractivity contribution is 5.81. The Morgan fingerprint density at radius 3 is 2.41 bits per heavy atom. The van der Waals surface area contributed by atoms with Crippen LogP contribution in [0.4, 0.5) is 13.2 Å². The van der Waals surface area contributed by atoms with E-state index < -0.39 is 23.6 Å². The van der Waals surface area contributed by atoms with Crippen LogP contribution in [0.25, 0.3) is 11.0 Å². The predicted molar refractivity (Wildman–Crippen MR) is 95.2 cm³/mol. The maximum atomic E-state index is 12.7. The molecule has 5 nitrogen and oxygen atoms in total. The Morgan fingerprint density at radius 1 is 1.11 bits per heavy atom. The first kappa shape index (κ1) is 18.8. The number of carbonyl (C=O) groups is 1. The molecule has 0 bridgehead atoms. The highest BCUT2D eigenvalue weighted by Gasteiger charge is 2.30. The number of fused-ring (bicyclic) bond motifs is 1. The van der Waals surface area contributed by atoms with Crippen LogP contribution in [0.3, 0.4) is 0 Å². The molecular formula is C19H18F3N3O2. The van der Waals surface area contributed by atoms with Gasteiger partial charge in [0.1, 0.15) is 0 Å². The van der Waals surface area contributed by atoms with Gasteiger partial charge in [-0.2, -0.15) is 13.2 Å². The maximum Gasteiger partial charge on any atom is 0.416 e. The standard InChI is InChI=1S/C19H18F3N3O2/c20-19(21,22)13-9-7-12(8-10-13)14(17(23)26)4-3-11-25-16-6-2-1-5-15(16)24-18(25)27/h1-2,5-10,14H,3-4,11H2,(H2,23,26)(H,24,27). The summed E-state index contributed by atoms with van der Waals surface area (Å²) in [5, 5.41) is 0. The minimum absolute atomic E-state index is 0.249. The third-order valence-electron chi connectivity index (χ3n) is 4.54. The van der Waals surface area contributed by atoms with Crippen LogP contribution in [0.5, 0.6) is 0 Å². The molecule has 0 saturated heterocycles. The molecule has 1 heterocycles. The molecule has 0 radical (unpaired) electrons. The Balaban J connectivity index is 1.73. The minimum atomic E-state index is -4.43. The number of para-hydroxylation sites is 2. The van der Waals surface area contributed by atoms with Gasteiger partial charge in [-0.3, -0.25) is 9.36 Å². The van der Waals surface area contributed by atoms with Crippen molar-refractivity contribution in [3.05, 3.63) is 70.1 Å². The molecule has 1 unspecified atom stereocenters. The fraction of sp³-hybridized carbons (Fsp3) is 0.263. The first-order valence-electron chi connectivity index (χ1n) is 8.41. The number of benzene rings is 2. The normalized spacial score (nSPS) is 13.0. The summed E-state index contributed by atoms with van der Waals surface area (Å²) in [6, 6.07) is 11.7. The summed E-state index contributed by atoms with van der Waals surface area (Å²) in [6.07, 6.45) is -3.64. The van der Waals surface area contributed by atoms with Gasteiger partial charge in [-0.25, -0.2) is 4.79 Å². The molecule has 2 aromatic carbocycles. The Kier molecular flexibility index (Phi) is 5.07. The summed E-state index contributed by atoms with van der Waals surface area (Å²) in [4.78, 5) is 26.6. The number of nitrogens with two attached hydrogens (primary N) is 1. The molecule has 0 spiro atoms. The molecule has 3 aromatic rings. The summed E-state index contributed by atoms with van der Waals surface area (Å²) >= 11 is 0. The smallest absolute Gasteiger partial charge is 0.369 e. The van der Waals surface area contributed by atoms with Gasteiger partial charge in [0.15, 0.2) is 0 Å². The SMILES string of the molecule is NC(=O)C(CCCn1c(=O)[nH]c2ccccc21)c1ccc(C(F)(F)F)cc1. The van der Waals surface area contributed by atoms with E-state index in [-0.39, 0.29) is 5.69 Å². The van der Waals surface area contributed by atoms with Gasteiger partial charge in [0.25, 0.3) is 0 Å². The number of alkyl halides is 3. The monoisotopic (exact) mass is 377 g/mol. The number of aromatic nitrogens is 2. The highest BCUT2D eigenvalue weighted by atomic mass is 19.4. The molecular weight excluding hydrogens is 359 g/mol. The average Bonchev–Trinajstić information content (AvgIpc) is 2.93. The fourth-order valence-electron chi connectivity index (χ4n) is 3.16. The topological polar surface area (TPSA) is 80.9 Å². The number of imidazole rings is 1. The van der Waals surface area contributed by atoms with E-state index >= 15 is 0 Å². The van der Waals surface area contributed by atoms with Crippen molar-refractivity contribution in [1.82, 2.24) is 9.55 Å². The van der Waals surface area contributed by atoms with Crippen molar-refractivity contribution < 1.29 is 18.0 Å². The largest absolute Gasteiger partial charge is 0.416 e. The number of nitrogens with one attached hydrogen (secondary N) is 1. The van der Waals surface area contributed by atoms with E-state index in [1.54, 1.807) is 10.6 Å². The number of aromatic amines is 1. The quantitative estimate of drug-likeness (QED) is 0.690. The molecule has 142 valence electrons. The summed E-state index contributed by atoms with van der Waals surface area (Å²) in [5.41, 5.74) is 6.32. The lowest BCUT2D eigenvalue weighted by Crippen LogP contribution is -2.23. The highest BCUT2D eigenvalue weighted by Crippen LogP contribution is 2.31. The first-order valence-corrected chi connectivity index (χ1v) is 8.41. The maximum absolute atomic E-state index is 12.7. The van der Waals surface area contributed by atoms with Crippen LogP contribution >= 0.6 is 0 Å². The number of amides is 1. The van der Waals surface area contributed by atoms with Gasteiger partial charge in [0.05, 0.1) is 22.5 Å². The van der Waals surface area contributed by atoms with E-state index in [2.05, 4.69) is 4.98 Å². The molecule has 0 fully saturated rings. The molecule has 0 aliphatic heterocycles. The van der Waals surface area contributed by atoms with Crippen LogP contribution in [0.2, 0.25) is 0 Å². The van der Waals surface area contributed by atoms with E-state index in [1.807, 2.05) is 18.2 Å². The summed E-state index contributed by atoms with van der Waals surface area (Å²) in [7, 11) is 0. The Labute approximate surface area is 152 Å². The number of rotatable bonds is 6. The van der Waals surface area contributed by atoms with E-state index in [0.29, 0.717) is 24.9 Å². The lowest BCUT2D eigenvalue weighted by atomic mass is 9.93. The number of hydrogen-bond donors (Lipinski definition) is 2. The Bertz CT molecular complexity index is 1000. The van der Waals surface area contributed by atoms with Crippen molar-refractivity contribution in [2.75, 3.05) is 0 Å². The predicted octanol–water partition coefficient (Wildman–Crippen LogP) is 3.40. The van der Waals surface area contributed by atoms with E-state index in [1.165, 1.54) is 12.1 Å². The molecule has 27 heavy (non-hydrogen) atoms. The number of nitrogens with zero attached hydrogens (tertiary/aromatic N) is 1. The summed E-state index contributed by atoms with van der Waals surface area (Å²) in [5.74, 6) is -1.32. The number of hydrogen-bond acceptors (Lipinski definition) is 2. The van der Waals surface area contributed by atoms with Crippen molar-refractivity contribution in [3.8, 4) is 0 Å². The molecule has 0 saturated carbocycles. The second-order valence-electron chi connectivity index (χ2n) is 6.32. The van der Waals surface area contributed by atoms with E-state index in [9.17, 15) is 22.8 Å². The summed E-state index contributed by atoms with van der Waals surface area (Å²) < 4.78 is 39.6. The van der Waals surface area contributed by atoms with Crippen molar-refractivity contribution in [2.45, 2.75) is 31.5 Å². The Morgan fingerprint density at radius 2 is 1.78 bits per heavy atom. The van der Waals surface area contributed by atoms with Crippen LogP contribution in [-0.4, -0.2) is 15.5 Å². The van der Waals surface area contributed by atoms with Crippen LogP contribution in [-0.2, 0) is 17.5 Å². The third-order valence-corrected chi connectivity index (χ3v) is 4.54. The molecule has 1 atom stereocenters. The lowest BCUT2D eigenvalue weighted by Gasteiger charge is -2.15. The molecule has 1 amide bonds. The van der Waals surface area contributed by atoms with Crippen LogP contribution in [0, 0.1) is 0 Å². The van der Waals surface area contributed by atoms with Crippen LogP contribution in [0.1, 0.15) is 29.9 Å². The fourth-order valence-corrected chi connectivity index (χ4v) is 3.16.